The van der Waals surface area contributed by atoms with Crippen LogP contribution in [0, 0.1) is 0 Å². The number of carbonyl (C=O) groups is 4. The van der Waals surface area contributed by atoms with Crippen molar-refractivity contribution in [3.05, 3.63) is 65.2 Å². The molecule has 27 heavy (non-hydrogen) atoms. The number of carboxylic acid groups (broad SMARTS) is 1. The minimum Gasteiger partial charge on any atom is -0.480 e. The lowest BCUT2D eigenvalue weighted by Crippen LogP contribution is -2.53. The van der Waals surface area contributed by atoms with Crippen LogP contribution in [0.4, 0.5) is 5.69 Å². The monoisotopic (exact) mass is 364 g/mol. The first kappa shape index (κ1) is 17.0. The van der Waals surface area contributed by atoms with Gasteiger partial charge in [0.05, 0.1) is 11.1 Å². The Labute approximate surface area is 154 Å². The number of carbonyl (C=O) groups excluding carboxylic acids is 3. The highest BCUT2D eigenvalue weighted by molar-refractivity contribution is 6.23. The van der Waals surface area contributed by atoms with E-state index in [0.29, 0.717) is 5.69 Å². The third-order valence-electron chi connectivity index (χ3n) is 5.07. The van der Waals surface area contributed by atoms with Gasteiger partial charge in [0.1, 0.15) is 12.1 Å². The number of benzene rings is 2. The van der Waals surface area contributed by atoms with Gasteiger partial charge in [-0.15, -0.1) is 0 Å². The van der Waals surface area contributed by atoms with E-state index in [2.05, 4.69) is 0 Å². The Balaban J connectivity index is 1.69. The predicted octanol–water partition coefficient (Wildman–Crippen LogP) is 1.71. The molecule has 0 spiro atoms. The molecular weight excluding hydrogens is 348 g/mol. The fourth-order valence-corrected chi connectivity index (χ4v) is 3.73. The lowest BCUT2D eigenvalue weighted by atomic mass is 10.1. The van der Waals surface area contributed by atoms with Crippen LogP contribution in [0.15, 0.2) is 48.5 Å². The summed E-state index contributed by atoms with van der Waals surface area (Å²) in [4.78, 5) is 52.3. The van der Waals surface area contributed by atoms with E-state index in [0.717, 1.165) is 10.5 Å². The molecule has 0 fully saturated rings. The fourth-order valence-electron chi connectivity index (χ4n) is 3.73. The van der Waals surface area contributed by atoms with Crippen LogP contribution < -0.4 is 4.90 Å². The summed E-state index contributed by atoms with van der Waals surface area (Å²) in [6, 6.07) is 11.1. The van der Waals surface area contributed by atoms with E-state index in [4.69, 9.17) is 0 Å². The van der Waals surface area contributed by atoms with Gasteiger partial charge in [-0.3, -0.25) is 24.2 Å². The molecule has 2 aromatic carbocycles. The average molecular weight is 364 g/mol. The van der Waals surface area contributed by atoms with Crippen molar-refractivity contribution in [1.82, 2.24) is 4.90 Å². The molecule has 2 aliphatic heterocycles. The smallest absolute Gasteiger partial charge is 0.327 e. The van der Waals surface area contributed by atoms with E-state index in [1.54, 1.807) is 36.4 Å². The molecule has 0 radical (unpaired) electrons. The number of fused-ring (bicyclic) bond motifs is 2. The molecule has 2 aliphatic rings. The van der Waals surface area contributed by atoms with Gasteiger partial charge in [0.25, 0.3) is 17.7 Å². The number of nitrogens with zero attached hydrogens (tertiary/aromatic N) is 2. The van der Waals surface area contributed by atoms with Crippen LogP contribution in [-0.2, 0) is 16.0 Å². The van der Waals surface area contributed by atoms with Gasteiger partial charge in [0, 0.05) is 12.1 Å². The van der Waals surface area contributed by atoms with Gasteiger partial charge in [-0.05, 0) is 30.7 Å². The fraction of sp³-hybridized carbons (Fsp3) is 0.200. The number of amides is 3. The molecule has 2 aromatic rings. The summed E-state index contributed by atoms with van der Waals surface area (Å²) in [5, 5.41) is 9.56. The van der Waals surface area contributed by atoms with Crippen molar-refractivity contribution in [1.29, 1.82) is 0 Å². The number of rotatable bonds is 3. The molecule has 0 bridgehead atoms. The maximum atomic E-state index is 13.2. The molecule has 7 nitrogen and oxygen atoms in total. The van der Waals surface area contributed by atoms with Gasteiger partial charge in [0.2, 0.25) is 0 Å². The number of carboxylic acids is 1. The Morgan fingerprint density at radius 1 is 1.00 bits per heavy atom. The summed E-state index contributed by atoms with van der Waals surface area (Å²) in [5.41, 5.74) is 1.74. The summed E-state index contributed by atoms with van der Waals surface area (Å²) >= 11 is 0. The third-order valence-corrected chi connectivity index (χ3v) is 5.07. The summed E-state index contributed by atoms with van der Waals surface area (Å²) in [6.45, 7) is 1.45. The molecule has 3 amide bonds. The molecule has 136 valence electrons. The molecule has 4 rings (SSSR count). The highest BCUT2D eigenvalue weighted by atomic mass is 16.4. The minimum absolute atomic E-state index is 0.187. The van der Waals surface area contributed by atoms with Crippen molar-refractivity contribution in [2.45, 2.75) is 25.4 Å². The highest BCUT2D eigenvalue weighted by Crippen LogP contribution is 2.34. The van der Waals surface area contributed by atoms with Gasteiger partial charge in [-0.1, -0.05) is 30.3 Å². The van der Waals surface area contributed by atoms with Crippen molar-refractivity contribution in [2.24, 2.45) is 0 Å². The Hall–Kier alpha value is -3.48. The average Bonchev–Trinajstić information content (AvgIpc) is 3.17. The maximum Gasteiger partial charge on any atom is 0.327 e. The number of imide groups is 1. The molecule has 1 N–H and O–H groups in total. The van der Waals surface area contributed by atoms with Crippen LogP contribution in [0.25, 0.3) is 0 Å². The lowest BCUT2D eigenvalue weighted by molar-refractivity contribution is -0.140. The second kappa shape index (κ2) is 6.05. The van der Waals surface area contributed by atoms with Crippen LogP contribution in [0.1, 0.15) is 33.2 Å². The Morgan fingerprint density at radius 3 is 2.15 bits per heavy atom. The van der Waals surface area contributed by atoms with Crippen molar-refractivity contribution in [3.8, 4) is 0 Å². The molecular formula is C20H16N2O5. The third kappa shape index (κ3) is 2.43. The number of anilines is 1. The van der Waals surface area contributed by atoms with Crippen molar-refractivity contribution < 1.29 is 24.3 Å². The van der Waals surface area contributed by atoms with Crippen LogP contribution >= 0.6 is 0 Å². The highest BCUT2D eigenvalue weighted by Gasteiger charge is 2.46. The summed E-state index contributed by atoms with van der Waals surface area (Å²) in [6.07, 6.45) is 0.187. The number of para-hydroxylation sites is 1. The molecule has 0 unspecified atom stereocenters. The van der Waals surface area contributed by atoms with Crippen molar-refractivity contribution in [2.75, 3.05) is 4.90 Å². The van der Waals surface area contributed by atoms with E-state index in [9.17, 15) is 24.3 Å². The zero-order valence-electron chi connectivity index (χ0n) is 14.5. The Kier molecular flexibility index (Phi) is 3.80. The molecule has 0 aromatic heterocycles. The molecule has 0 aliphatic carbocycles. The lowest BCUT2D eigenvalue weighted by Gasteiger charge is -2.29. The zero-order valence-corrected chi connectivity index (χ0v) is 14.5. The molecule has 2 atom stereocenters. The van der Waals surface area contributed by atoms with Gasteiger partial charge in [-0.2, -0.15) is 0 Å². The quantitative estimate of drug-likeness (QED) is 0.837. The van der Waals surface area contributed by atoms with Crippen LogP contribution in [0.5, 0.6) is 0 Å². The van der Waals surface area contributed by atoms with Gasteiger partial charge >= 0.3 is 5.97 Å². The number of hydrogen-bond donors (Lipinski definition) is 1. The van der Waals surface area contributed by atoms with Crippen LogP contribution in [0.3, 0.4) is 0 Å². The number of aliphatic carboxylic acids is 1. The summed E-state index contributed by atoms with van der Waals surface area (Å²) in [5.74, 6) is -2.82. The normalized spacial score (nSPS) is 19.1. The van der Waals surface area contributed by atoms with Crippen LogP contribution in [-0.4, -0.2) is 45.8 Å². The molecule has 7 heteroatoms. The van der Waals surface area contributed by atoms with Gasteiger partial charge < -0.3 is 5.11 Å². The molecule has 2 heterocycles. The minimum atomic E-state index is -1.13. The van der Waals surface area contributed by atoms with Crippen LogP contribution in [0.2, 0.25) is 0 Å². The largest absolute Gasteiger partial charge is 0.480 e. The van der Waals surface area contributed by atoms with Crippen molar-refractivity contribution in [3.63, 3.8) is 0 Å². The van der Waals surface area contributed by atoms with Gasteiger partial charge in [-0.25, -0.2) is 4.79 Å². The predicted molar refractivity (Wildman–Crippen MR) is 95.5 cm³/mol. The second-order valence-corrected chi connectivity index (χ2v) is 6.60. The second-order valence-electron chi connectivity index (χ2n) is 6.60. The van der Waals surface area contributed by atoms with E-state index in [1.807, 2.05) is 0 Å². The first-order chi connectivity index (χ1) is 12.9. The van der Waals surface area contributed by atoms with E-state index in [-0.39, 0.29) is 17.5 Å². The zero-order chi connectivity index (χ0) is 19.3. The van der Waals surface area contributed by atoms with Gasteiger partial charge in [0.15, 0.2) is 0 Å². The molecule has 0 saturated heterocycles. The standard InChI is InChI=1S/C20H16N2O5/c1-11(21-18(24)13-7-3-4-8-14(13)19(21)25)17(23)22-15-9-5-2-6-12(15)10-16(22)20(26)27/h2-9,11,16H,10H2,1H3,(H,26,27)/t11-,16-/m0/s1. The Morgan fingerprint density at radius 2 is 1.56 bits per heavy atom. The number of hydrogen-bond acceptors (Lipinski definition) is 4. The summed E-state index contributed by atoms with van der Waals surface area (Å²) < 4.78 is 0. The Bertz CT molecular complexity index is 964. The SMILES string of the molecule is C[C@@H](C(=O)N1c2ccccc2C[C@H]1C(=O)O)N1C(=O)c2ccccc2C1=O. The van der Waals surface area contributed by atoms with Crippen molar-refractivity contribution >= 4 is 29.4 Å². The first-order valence-corrected chi connectivity index (χ1v) is 8.52. The van der Waals surface area contributed by atoms with E-state index < -0.39 is 35.8 Å². The topological polar surface area (TPSA) is 95.0 Å². The maximum absolute atomic E-state index is 13.2. The van der Waals surface area contributed by atoms with E-state index >= 15 is 0 Å². The molecule has 0 saturated carbocycles. The van der Waals surface area contributed by atoms with E-state index in [1.165, 1.54) is 24.0 Å². The first-order valence-electron chi connectivity index (χ1n) is 8.52. The summed E-state index contributed by atoms with van der Waals surface area (Å²) in [7, 11) is 0.